The number of rotatable bonds is 14. The smallest absolute Gasteiger partial charge is 0.444 e. The lowest BCUT2D eigenvalue weighted by atomic mass is 10.2. The molecule has 2 aromatic carbocycles. The second-order valence-corrected chi connectivity index (χ2v) is 13.4. The zero-order valence-corrected chi connectivity index (χ0v) is 31.8. The summed E-state index contributed by atoms with van der Waals surface area (Å²) in [5.41, 5.74) is 17.4. The number of ether oxygens (including phenoxy) is 2. The Morgan fingerprint density at radius 1 is 0.696 bits per heavy atom. The normalized spacial score (nSPS) is 11.1. The fourth-order valence-electron chi connectivity index (χ4n) is 3.77. The number of pyridine rings is 2. The van der Waals surface area contributed by atoms with Gasteiger partial charge >= 0.3 is 27.8 Å². The number of para-hydroxylation sites is 1. The number of thiocarbonyl (C=S) groups is 2. The second kappa shape index (κ2) is 21.7. The number of phosphoric acid groups is 2. The van der Waals surface area contributed by atoms with E-state index in [4.69, 9.17) is 40.5 Å². The molecule has 26 heteroatoms. The lowest BCUT2D eigenvalue weighted by Crippen LogP contribution is -2.24. The monoisotopic (exact) mass is 850 g/mol. The molecule has 0 atom stereocenters. The quantitative estimate of drug-likeness (QED) is 0.0377. The van der Waals surface area contributed by atoms with Crippen LogP contribution >= 0.6 is 40.1 Å². The molecule has 0 aliphatic heterocycles. The van der Waals surface area contributed by atoms with E-state index in [0.717, 1.165) is 0 Å². The molecule has 0 fully saturated rings. The standard InChI is InChI=1S/2C15H16N5O6PS/c16-14(28)20-18-8-13-12(2-1-7-17-13)19-15(21)25-9-10-3-5-11(6-4-10)26-27(22,23)24;16-14(28)20-18-8-12-11(5-3-7-17-12)19-15(21)25-9-10-4-1-2-6-13(10)26-27(22,23)24/h2*1-8H,9H2,(H,19,21)(H3,16,20,28)(H2,22,23,24)/b2*18-8+. The highest BCUT2D eigenvalue weighted by molar-refractivity contribution is 7.80. The third-order valence-electron chi connectivity index (χ3n) is 5.94. The van der Waals surface area contributed by atoms with Crippen molar-refractivity contribution in [2.75, 3.05) is 10.6 Å². The Morgan fingerprint density at radius 2 is 1.18 bits per heavy atom. The van der Waals surface area contributed by atoms with Crippen LogP contribution in [0.2, 0.25) is 0 Å². The van der Waals surface area contributed by atoms with Crippen LogP contribution in [0.4, 0.5) is 21.0 Å². The number of carbonyl (C=O) groups is 2. The SMILES string of the molecule is NC(=S)N/N=C/c1ncccc1NC(=O)OCc1ccc(OP(=O)(O)O)cc1.NC(=S)N/N=C/c1ncccc1NC(=O)OCc1ccccc1OP(=O)(O)O. The minimum absolute atomic E-state index is 0.00797. The van der Waals surface area contributed by atoms with Crippen LogP contribution in [0, 0.1) is 0 Å². The maximum absolute atomic E-state index is 12.1. The minimum atomic E-state index is -4.74. The first-order valence-corrected chi connectivity index (χ1v) is 19.0. The average molecular weight is 851 g/mol. The Labute approximate surface area is 327 Å². The largest absolute Gasteiger partial charge is 0.524 e. The number of phosphoric ester groups is 2. The Balaban J connectivity index is 0.000000300. The number of benzene rings is 2. The topological polar surface area (TPSA) is 337 Å². The van der Waals surface area contributed by atoms with E-state index in [9.17, 15) is 18.7 Å². The molecule has 0 saturated heterocycles. The molecule has 2 aromatic heterocycles. The molecule has 0 aliphatic rings. The van der Waals surface area contributed by atoms with Crippen LogP contribution in [0.25, 0.3) is 0 Å². The van der Waals surface area contributed by atoms with E-state index in [1.807, 2.05) is 0 Å². The molecule has 12 N–H and O–H groups in total. The first kappa shape index (κ1) is 44.3. The Bertz CT molecular complexity index is 2150. The van der Waals surface area contributed by atoms with Gasteiger partial charge in [-0.3, -0.25) is 51.0 Å². The summed E-state index contributed by atoms with van der Waals surface area (Å²) in [5.74, 6) is -0.104. The van der Waals surface area contributed by atoms with E-state index in [0.29, 0.717) is 28.3 Å². The fourth-order valence-corrected chi connectivity index (χ4v) is 4.71. The van der Waals surface area contributed by atoms with Gasteiger partial charge in [0.2, 0.25) is 0 Å². The van der Waals surface area contributed by atoms with Crippen molar-refractivity contribution in [2.45, 2.75) is 13.2 Å². The predicted molar refractivity (Wildman–Crippen MR) is 209 cm³/mol. The molecule has 0 unspecified atom stereocenters. The van der Waals surface area contributed by atoms with Crippen molar-refractivity contribution in [1.29, 1.82) is 0 Å². The lowest BCUT2D eigenvalue weighted by molar-refractivity contribution is 0.153. The van der Waals surface area contributed by atoms with Gasteiger partial charge in [0.1, 0.15) is 36.1 Å². The van der Waals surface area contributed by atoms with Gasteiger partial charge in [0.25, 0.3) is 0 Å². The van der Waals surface area contributed by atoms with Gasteiger partial charge in [-0.2, -0.15) is 10.2 Å². The molecule has 0 aliphatic carbocycles. The van der Waals surface area contributed by atoms with Crippen LogP contribution < -0.4 is 42.0 Å². The number of hydrogen-bond donors (Lipinski definition) is 10. The number of carbonyl (C=O) groups excluding carboxylic acids is 2. The van der Waals surface area contributed by atoms with Crippen molar-refractivity contribution in [3.8, 4) is 11.5 Å². The average Bonchev–Trinajstić information content (AvgIpc) is 3.11. The number of nitrogens with two attached hydrogens (primary N) is 2. The van der Waals surface area contributed by atoms with Gasteiger partial charge in [-0.05, 0) is 72.5 Å². The Hall–Kier alpha value is -6.10. The second-order valence-electron chi connectivity index (χ2n) is 10.2. The third kappa shape index (κ3) is 17.8. The number of nitrogens with one attached hydrogen (secondary N) is 4. The van der Waals surface area contributed by atoms with Gasteiger partial charge in [-0.25, -0.2) is 18.7 Å². The zero-order valence-electron chi connectivity index (χ0n) is 28.4. The zero-order chi connectivity index (χ0) is 41.1. The Morgan fingerprint density at radius 3 is 1.66 bits per heavy atom. The van der Waals surface area contributed by atoms with Gasteiger partial charge in [0.05, 0.1) is 23.8 Å². The van der Waals surface area contributed by atoms with E-state index in [1.165, 1.54) is 67.3 Å². The summed E-state index contributed by atoms with van der Waals surface area (Å²) in [6.45, 7) is -0.358. The molecule has 0 spiro atoms. The molecular weight excluding hydrogens is 818 g/mol. The van der Waals surface area contributed by atoms with Crippen LogP contribution in [-0.2, 0) is 31.8 Å². The third-order valence-corrected chi connectivity index (χ3v) is 7.01. The van der Waals surface area contributed by atoms with Crippen molar-refractivity contribution in [2.24, 2.45) is 21.7 Å². The highest BCUT2D eigenvalue weighted by Crippen LogP contribution is 2.39. The number of hydrazone groups is 2. The lowest BCUT2D eigenvalue weighted by Gasteiger charge is -2.12. The number of hydrogen-bond acceptors (Lipinski definition) is 14. The summed E-state index contributed by atoms with van der Waals surface area (Å²) in [4.78, 5) is 67.5. The summed E-state index contributed by atoms with van der Waals surface area (Å²) in [5, 5.41) is 12.5. The Kier molecular flexibility index (Phi) is 17.2. The van der Waals surface area contributed by atoms with Crippen molar-refractivity contribution in [3.05, 3.63) is 108 Å². The van der Waals surface area contributed by atoms with Crippen molar-refractivity contribution >= 4 is 86.3 Å². The van der Waals surface area contributed by atoms with E-state index in [1.54, 1.807) is 30.3 Å². The molecule has 0 saturated carbocycles. The summed E-state index contributed by atoms with van der Waals surface area (Å²) in [6, 6.07) is 18.1. The highest BCUT2D eigenvalue weighted by Gasteiger charge is 2.19. The van der Waals surface area contributed by atoms with Crippen LogP contribution in [0.3, 0.4) is 0 Å². The molecule has 2 heterocycles. The molecule has 4 aromatic rings. The number of anilines is 2. The molecule has 22 nitrogen and oxygen atoms in total. The summed E-state index contributed by atoms with van der Waals surface area (Å²) < 4.78 is 40.9. The van der Waals surface area contributed by atoms with E-state index in [-0.39, 0.29) is 40.5 Å². The summed E-state index contributed by atoms with van der Waals surface area (Å²) >= 11 is 9.25. The molecule has 56 heavy (non-hydrogen) atoms. The predicted octanol–water partition coefficient (Wildman–Crippen LogP) is 2.94. The molecule has 296 valence electrons. The van der Waals surface area contributed by atoms with Crippen molar-refractivity contribution < 1.29 is 56.8 Å². The maximum Gasteiger partial charge on any atom is 0.524 e. The van der Waals surface area contributed by atoms with E-state index >= 15 is 0 Å². The molecule has 2 amide bonds. The van der Waals surface area contributed by atoms with Gasteiger partial charge in [-0.15, -0.1) is 0 Å². The maximum atomic E-state index is 12.1. The van der Waals surface area contributed by atoms with Gasteiger partial charge in [-0.1, -0.05) is 30.3 Å². The van der Waals surface area contributed by atoms with Crippen LogP contribution in [0.1, 0.15) is 22.5 Å². The summed E-state index contributed by atoms with van der Waals surface area (Å²) in [6.07, 6.45) is 4.08. The van der Waals surface area contributed by atoms with Crippen molar-refractivity contribution in [3.63, 3.8) is 0 Å². The molecular formula is C30H32N10O12P2S2. The number of aromatic nitrogens is 2. The van der Waals surface area contributed by atoms with Crippen LogP contribution in [0.15, 0.2) is 95.4 Å². The van der Waals surface area contributed by atoms with Gasteiger partial charge in [0.15, 0.2) is 10.2 Å². The van der Waals surface area contributed by atoms with Crippen molar-refractivity contribution in [1.82, 2.24) is 20.8 Å². The highest BCUT2D eigenvalue weighted by atomic mass is 32.1. The summed E-state index contributed by atoms with van der Waals surface area (Å²) in [7, 11) is -9.37. The first-order chi connectivity index (χ1) is 26.5. The van der Waals surface area contributed by atoms with Gasteiger partial charge < -0.3 is 30.0 Å². The van der Waals surface area contributed by atoms with Crippen LogP contribution in [0.5, 0.6) is 11.5 Å². The molecule has 4 rings (SSSR count). The van der Waals surface area contributed by atoms with E-state index in [2.05, 4.69) is 75.1 Å². The van der Waals surface area contributed by atoms with Crippen LogP contribution in [-0.4, -0.2) is 64.4 Å². The molecule has 0 radical (unpaired) electrons. The fraction of sp³-hybridized carbons (Fsp3) is 0.0667. The first-order valence-electron chi connectivity index (χ1n) is 15.1. The molecule has 0 bridgehead atoms. The number of nitrogens with zero attached hydrogens (tertiary/aromatic N) is 4. The van der Waals surface area contributed by atoms with Gasteiger partial charge in [0, 0.05) is 18.0 Å². The number of amides is 2. The minimum Gasteiger partial charge on any atom is -0.444 e. The van der Waals surface area contributed by atoms with E-state index < -0.39 is 27.8 Å².